The van der Waals surface area contributed by atoms with Gasteiger partial charge >= 0.3 is 6.18 Å². The average Bonchev–Trinajstić information content (AvgIpc) is 2.27. The number of anilines is 1. The molecule has 1 aromatic carbocycles. The summed E-state index contributed by atoms with van der Waals surface area (Å²) in [5, 5.41) is 3.22. The van der Waals surface area contributed by atoms with Crippen molar-refractivity contribution < 1.29 is 13.2 Å². The Labute approximate surface area is 112 Å². The molecule has 0 saturated heterocycles. The number of hydrogen-bond acceptors (Lipinski definition) is 2. The predicted molar refractivity (Wildman–Crippen MR) is 72.0 cm³/mol. The molecule has 1 rings (SSSR count). The van der Waals surface area contributed by atoms with Crippen molar-refractivity contribution in [3.8, 4) is 0 Å². The molecule has 0 spiro atoms. The van der Waals surface area contributed by atoms with Crippen LogP contribution in [0.4, 0.5) is 18.9 Å². The van der Waals surface area contributed by atoms with E-state index in [0.717, 1.165) is 18.6 Å². The van der Waals surface area contributed by atoms with E-state index in [9.17, 15) is 13.2 Å². The third kappa shape index (κ3) is 4.74. The third-order valence-electron chi connectivity index (χ3n) is 2.97. The van der Waals surface area contributed by atoms with Crippen LogP contribution in [0.1, 0.15) is 32.8 Å². The molecule has 0 heterocycles. The maximum Gasteiger partial charge on any atom is 0.416 e. The Bertz CT molecular complexity index is 398. The molecule has 1 aromatic rings. The number of alkyl halides is 3. The first-order valence-electron chi connectivity index (χ1n) is 6.32. The van der Waals surface area contributed by atoms with Gasteiger partial charge in [-0.3, -0.25) is 0 Å². The van der Waals surface area contributed by atoms with Gasteiger partial charge in [-0.2, -0.15) is 13.2 Å². The summed E-state index contributed by atoms with van der Waals surface area (Å²) in [7, 11) is 0. The molecular weight excluding hydrogens is 253 g/mol. The maximum absolute atomic E-state index is 12.5. The highest BCUT2D eigenvalue weighted by molar-refractivity contribution is 5.47. The number of halogens is 3. The van der Waals surface area contributed by atoms with E-state index in [0.29, 0.717) is 18.2 Å². The summed E-state index contributed by atoms with van der Waals surface area (Å²) in [5.74, 6) is 0.454. The van der Waals surface area contributed by atoms with Crippen molar-refractivity contribution in [2.75, 3.05) is 11.9 Å². The number of benzene rings is 1. The molecule has 1 atom stereocenters. The standard InChI is InChI=1S/C14H21F3N2/c1-10(2)8-13(3,9-18)19-12-6-4-11(5-7-12)14(15,16)17/h4-7,10,19H,8-9,18H2,1-3H3. The highest BCUT2D eigenvalue weighted by atomic mass is 19.4. The zero-order chi connectivity index (χ0) is 14.7. The van der Waals surface area contributed by atoms with Gasteiger partial charge in [-0.05, 0) is 43.5 Å². The van der Waals surface area contributed by atoms with E-state index in [-0.39, 0.29) is 5.54 Å². The molecule has 0 aliphatic rings. The van der Waals surface area contributed by atoms with Crippen LogP contribution in [0.5, 0.6) is 0 Å². The van der Waals surface area contributed by atoms with E-state index in [1.54, 1.807) is 0 Å². The number of rotatable bonds is 5. The van der Waals surface area contributed by atoms with Crippen LogP contribution in [0.2, 0.25) is 0 Å². The molecule has 0 aliphatic carbocycles. The van der Waals surface area contributed by atoms with Gasteiger partial charge in [-0.1, -0.05) is 13.8 Å². The lowest BCUT2D eigenvalue weighted by Gasteiger charge is -2.32. The monoisotopic (exact) mass is 274 g/mol. The molecule has 1 unspecified atom stereocenters. The summed E-state index contributed by atoms with van der Waals surface area (Å²) in [4.78, 5) is 0. The third-order valence-corrected chi connectivity index (χ3v) is 2.97. The smallest absolute Gasteiger partial charge is 0.379 e. The van der Waals surface area contributed by atoms with Gasteiger partial charge in [-0.25, -0.2) is 0 Å². The summed E-state index contributed by atoms with van der Waals surface area (Å²) < 4.78 is 37.4. The van der Waals surface area contributed by atoms with Crippen molar-refractivity contribution in [3.63, 3.8) is 0 Å². The van der Waals surface area contributed by atoms with E-state index < -0.39 is 11.7 Å². The summed E-state index contributed by atoms with van der Waals surface area (Å²) in [6.07, 6.45) is -3.45. The van der Waals surface area contributed by atoms with Gasteiger partial charge in [0.15, 0.2) is 0 Å². The molecule has 0 bridgehead atoms. The summed E-state index contributed by atoms with van der Waals surface area (Å²) >= 11 is 0. The fourth-order valence-corrected chi connectivity index (χ4v) is 2.18. The minimum absolute atomic E-state index is 0.312. The van der Waals surface area contributed by atoms with Crippen molar-refractivity contribution in [1.82, 2.24) is 0 Å². The normalized spacial score (nSPS) is 15.4. The molecule has 0 radical (unpaired) electrons. The molecule has 0 fully saturated rings. The molecule has 0 saturated carbocycles. The largest absolute Gasteiger partial charge is 0.416 e. The molecule has 5 heteroatoms. The minimum Gasteiger partial charge on any atom is -0.379 e. The van der Waals surface area contributed by atoms with Crippen molar-refractivity contribution in [2.45, 2.75) is 38.9 Å². The van der Waals surface area contributed by atoms with Crippen LogP contribution in [-0.2, 0) is 6.18 Å². The zero-order valence-electron chi connectivity index (χ0n) is 11.5. The molecule has 3 N–H and O–H groups in total. The lowest BCUT2D eigenvalue weighted by atomic mass is 9.90. The van der Waals surface area contributed by atoms with E-state index >= 15 is 0 Å². The molecule has 0 amide bonds. The van der Waals surface area contributed by atoms with Crippen molar-refractivity contribution >= 4 is 5.69 Å². The molecule has 2 nitrogen and oxygen atoms in total. The SMILES string of the molecule is CC(C)CC(C)(CN)Nc1ccc(C(F)(F)F)cc1. The first-order valence-corrected chi connectivity index (χ1v) is 6.32. The number of nitrogens with two attached hydrogens (primary N) is 1. The molecule has 0 aromatic heterocycles. The fourth-order valence-electron chi connectivity index (χ4n) is 2.18. The molecule has 108 valence electrons. The second-order valence-corrected chi connectivity index (χ2v) is 5.56. The first kappa shape index (κ1) is 15.8. The van der Waals surface area contributed by atoms with Crippen LogP contribution < -0.4 is 11.1 Å². The zero-order valence-corrected chi connectivity index (χ0v) is 11.5. The van der Waals surface area contributed by atoms with E-state index in [1.165, 1.54) is 12.1 Å². The van der Waals surface area contributed by atoms with E-state index in [4.69, 9.17) is 5.73 Å². The Morgan fingerprint density at radius 1 is 1.16 bits per heavy atom. The van der Waals surface area contributed by atoms with Gasteiger partial charge in [0.2, 0.25) is 0 Å². The lowest BCUT2D eigenvalue weighted by Crippen LogP contribution is -2.43. The minimum atomic E-state index is -4.30. The van der Waals surface area contributed by atoms with Crippen LogP contribution in [-0.4, -0.2) is 12.1 Å². The average molecular weight is 274 g/mol. The predicted octanol–water partition coefficient (Wildman–Crippen LogP) is 3.88. The van der Waals surface area contributed by atoms with E-state index in [2.05, 4.69) is 19.2 Å². The maximum atomic E-state index is 12.5. The Balaban J connectivity index is 2.82. The van der Waals surface area contributed by atoms with Crippen molar-refractivity contribution in [1.29, 1.82) is 0 Å². The van der Waals surface area contributed by atoms with Crippen LogP contribution in [0, 0.1) is 5.92 Å². The Morgan fingerprint density at radius 2 is 1.68 bits per heavy atom. The van der Waals surface area contributed by atoms with Crippen LogP contribution in [0.15, 0.2) is 24.3 Å². The van der Waals surface area contributed by atoms with E-state index in [1.807, 2.05) is 6.92 Å². The molecule has 19 heavy (non-hydrogen) atoms. The summed E-state index contributed by atoms with van der Waals surface area (Å²) in [6.45, 7) is 6.57. The van der Waals surface area contributed by atoms with Gasteiger partial charge in [-0.15, -0.1) is 0 Å². The Morgan fingerprint density at radius 3 is 2.05 bits per heavy atom. The second-order valence-electron chi connectivity index (χ2n) is 5.56. The highest BCUT2D eigenvalue weighted by Gasteiger charge is 2.30. The van der Waals surface area contributed by atoms with Crippen LogP contribution in [0.3, 0.4) is 0 Å². The van der Waals surface area contributed by atoms with Gasteiger partial charge in [0.25, 0.3) is 0 Å². The van der Waals surface area contributed by atoms with Crippen LogP contribution in [0.25, 0.3) is 0 Å². The fraction of sp³-hybridized carbons (Fsp3) is 0.571. The van der Waals surface area contributed by atoms with Crippen molar-refractivity contribution in [3.05, 3.63) is 29.8 Å². The number of hydrogen-bond donors (Lipinski definition) is 2. The first-order chi connectivity index (χ1) is 8.66. The topological polar surface area (TPSA) is 38.0 Å². The van der Waals surface area contributed by atoms with Gasteiger partial charge in [0.05, 0.1) is 5.56 Å². The van der Waals surface area contributed by atoms with Gasteiger partial charge in [0.1, 0.15) is 0 Å². The quantitative estimate of drug-likeness (QED) is 0.855. The summed E-state index contributed by atoms with van der Waals surface area (Å²) in [6, 6.07) is 5.04. The Kier molecular flexibility index (Phi) is 4.85. The second kappa shape index (κ2) is 5.82. The highest BCUT2D eigenvalue weighted by Crippen LogP contribution is 2.30. The van der Waals surface area contributed by atoms with Crippen molar-refractivity contribution in [2.24, 2.45) is 11.7 Å². The molecular formula is C14H21F3N2. The number of nitrogens with one attached hydrogen (secondary N) is 1. The lowest BCUT2D eigenvalue weighted by molar-refractivity contribution is -0.137. The molecule has 0 aliphatic heterocycles. The van der Waals surface area contributed by atoms with Gasteiger partial charge in [0, 0.05) is 17.8 Å². The van der Waals surface area contributed by atoms with Crippen LogP contribution >= 0.6 is 0 Å². The van der Waals surface area contributed by atoms with Gasteiger partial charge < -0.3 is 11.1 Å². The summed E-state index contributed by atoms with van der Waals surface area (Å²) in [5.41, 5.74) is 5.46. The Hall–Kier alpha value is -1.23.